The molecule has 2 amide bonds. The summed E-state index contributed by atoms with van der Waals surface area (Å²) >= 11 is 0. The second-order valence-corrected chi connectivity index (χ2v) is 4.89. The Bertz CT molecular complexity index is 666. The first-order valence-corrected chi connectivity index (χ1v) is 6.97. The number of nitrogens with one attached hydrogen (secondary N) is 2. The summed E-state index contributed by atoms with van der Waals surface area (Å²) in [4.78, 5) is 23.2. The van der Waals surface area contributed by atoms with Gasteiger partial charge in [0.1, 0.15) is 0 Å². The van der Waals surface area contributed by atoms with Crippen LogP contribution in [0.3, 0.4) is 0 Å². The predicted molar refractivity (Wildman–Crippen MR) is 86.3 cm³/mol. The SMILES string of the molecule is CC(=O)c1cccc(NC(=O)Nc2ccc(CCO)cc2)c1. The molecule has 0 saturated carbocycles. The van der Waals surface area contributed by atoms with Crippen molar-refractivity contribution in [2.75, 3.05) is 17.2 Å². The Labute approximate surface area is 129 Å². The van der Waals surface area contributed by atoms with E-state index < -0.39 is 0 Å². The first kappa shape index (κ1) is 15.7. The van der Waals surface area contributed by atoms with Crippen LogP contribution in [0.25, 0.3) is 0 Å². The van der Waals surface area contributed by atoms with Gasteiger partial charge in [0.15, 0.2) is 5.78 Å². The van der Waals surface area contributed by atoms with E-state index in [-0.39, 0.29) is 18.4 Å². The molecule has 0 aliphatic heterocycles. The second kappa shape index (κ2) is 7.38. The third-order valence-electron chi connectivity index (χ3n) is 3.14. The highest BCUT2D eigenvalue weighted by Crippen LogP contribution is 2.13. The summed E-state index contributed by atoms with van der Waals surface area (Å²) in [5, 5.41) is 14.3. The summed E-state index contributed by atoms with van der Waals surface area (Å²) in [7, 11) is 0. The number of anilines is 2. The minimum absolute atomic E-state index is 0.0523. The normalized spacial score (nSPS) is 10.1. The molecule has 0 unspecified atom stereocenters. The van der Waals surface area contributed by atoms with Gasteiger partial charge in [-0.1, -0.05) is 24.3 Å². The van der Waals surface area contributed by atoms with Crippen LogP contribution in [-0.2, 0) is 6.42 Å². The van der Waals surface area contributed by atoms with E-state index in [1.54, 1.807) is 36.4 Å². The van der Waals surface area contributed by atoms with Crippen LogP contribution in [0.4, 0.5) is 16.2 Å². The number of benzene rings is 2. The van der Waals surface area contributed by atoms with E-state index in [0.29, 0.717) is 23.4 Å². The molecule has 0 heterocycles. The smallest absolute Gasteiger partial charge is 0.323 e. The molecule has 2 rings (SSSR count). The van der Waals surface area contributed by atoms with E-state index in [4.69, 9.17) is 5.11 Å². The Kier molecular flexibility index (Phi) is 5.27. The number of carbonyl (C=O) groups excluding carboxylic acids is 2. The second-order valence-electron chi connectivity index (χ2n) is 4.89. The molecular formula is C17H18N2O3. The van der Waals surface area contributed by atoms with Gasteiger partial charge in [-0.05, 0) is 43.2 Å². The molecule has 22 heavy (non-hydrogen) atoms. The van der Waals surface area contributed by atoms with Gasteiger partial charge in [-0.15, -0.1) is 0 Å². The van der Waals surface area contributed by atoms with Gasteiger partial charge < -0.3 is 15.7 Å². The molecule has 5 heteroatoms. The molecule has 0 atom stereocenters. The van der Waals surface area contributed by atoms with Crippen LogP contribution in [0.1, 0.15) is 22.8 Å². The maximum Gasteiger partial charge on any atom is 0.323 e. The minimum Gasteiger partial charge on any atom is -0.396 e. The van der Waals surface area contributed by atoms with Gasteiger partial charge in [-0.2, -0.15) is 0 Å². The van der Waals surface area contributed by atoms with Crippen molar-refractivity contribution < 1.29 is 14.7 Å². The van der Waals surface area contributed by atoms with Crippen molar-refractivity contribution in [1.29, 1.82) is 0 Å². The summed E-state index contributed by atoms with van der Waals surface area (Å²) in [6.07, 6.45) is 0.588. The Balaban J connectivity index is 1.97. The van der Waals surface area contributed by atoms with Crippen molar-refractivity contribution in [3.8, 4) is 0 Å². The van der Waals surface area contributed by atoms with Gasteiger partial charge in [-0.25, -0.2) is 4.79 Å². The van der Waals surface area contributed by atoms with Gasteiger partial charge in [0.2, 0.25) is 0 Å². The van der Waals surface area contributed by atoms with Gasteiger partial charge in [0.25, 0.3) is 0 Å². The largest absolute Gasteiger partial charge is 0.396 e. The highest BCUT2D eigenvalue weighted by molar-refractivity contribution is 6.01. The van der Waals surface area contributed by atoms with E-state index in [9.17, 15) is 9.59 Å². The Morgan fingerprint density at radius 3 is 2.32 bits per heavy atom. The van der Waals surface area contributed by atoms with Crippen molar-refractivity contribution in [2.24, 2.45) is 0 Å². The Morgan fingerprint density at radius 1 is 1.00 bits per heavy atom. The van der Waals surface area contributed by atoms with Gasteiger partial charge in [0, 0.05) is 23.5 Å². The lowest BCUT2D eigenvalue weighted by molar-refractivity contribution is 0.101. The van der Waals surface area contributed by atoms with Crippen molar-refractivity contribution >= 4 is 23.2 Å². The summed E-state index contributed by atoms with van der Waals surface area (Å²) in [5.74, 6) is -0.0523. The van der Waals surface area contributed by atoms with Crippen LogP contribution in [-0.4, -0.2) is 23.5 Å². The fraction of sp³-hybridized carbons (Fsp3) is 0.176. The zero-order valence-corrected chi connectivity index (χ0v) is 12.3. The number of aliphatic hydroxyl groups excluding tert-OH is 1. The number of urea groups is 1. The quantitative estimate of drug-likeness (QED) is 0.742. The zero-order chi connectivity index (χ0) is 15.9. The predicted octanol–water partition coefficient (Wildman–Crippen LogP) is 3.07. The number of Topliss-reactive ketones (excluding diaryl/α,β-unsaturated/α-hetero) is 1. The van der Waals surface area contributed by atoms with Crippen molar-refractivity contribution in [3.63, 3.8) is 0 Å². The fourth-order valence-electron chi connectivity index (χ4n) is 1.99. The fourth-order valence-corrected chi connectivity index (χ4v) is 1.99. The molecule has 0 saturated heterocycles. The molecule has 0 radical (unpaired) electrons. The van der Waals surface area contributed by atoms with E-state index in [0.717, 1.165) is 5.56 Å². The highest BCUT2D eigenvalue weighted by atomic mass is 16.3. The molecule has 0 spiro atoms. The summed E-state index contributed by atoms with van der Waals surface area (Å²) in [6.45, 7) is 1.58. The Hall–Kier alpha value is -2.66. The number of hydrogen-bond donors (Lipinski definition) is 3. The molecule has 2 aromatic rings. The lowest BCUT2D eigenvalue weighted by Gasteiger charge is -2.09. The van der Waals surface area contributed by atoms with Crippen molar-refractivity contribution in [1.82, 2.24) is 0 Å². The standard InChI is InChI=1S/C17H18N2O3/c1-12(21)14-3-2-4-16(11-14)19-17(22)18-15-7-5-13(6-8-15)9-10-20/h2-8,11,20H,9-10H2,1H3,(H2,18,19,22). The van der Waals surface area contributed by atoms with Crippen molar-refractivity contribution in [3.05, 3.63) is 59.7 Å². The van der Waals surface area contributed by atoms with Gasteiger partial charge >= 0.3 is 6.03 Å². The van der Waals surface area contributed by atoms with Crippen molar-refractivity contribution in [2.45, 2.75) is 13.3 Å². The highest BCUT2D eigenvalue weighted by Gasteiger charge is 2.05. The third kappa shape index (κ3) is 4.43. The minimum atomic E-state index is -0.379. The maximum absolute atomic E-state index is 11.9. The zero-order valence-electron chi connectivity index (χ0n) is 12.3. The molecule has 2 aromatic carbocycles. The lowest BCUT2D eigenvalue weighted by Crippen LogP contribution is -2.19. The molecule has 5 nitrogen and oxygen atoms in total. The molecule has 0 fully saturated rings. The molecular weight excluding hydrogens is 280 g/mol. The first-order chi connectivity index (χ1) is 10.6. The summed E-state index contributed by atoms with van der Waals surface area (Å²) < 4.78 is 0. The third-order valence-corrected chi connectivity index (χ3v) is 3.14. The van der Waals surface area contributed by atoms with Gasteiger partial charge in [-0.3, -0.25) is 4.79 Å². The topological polar surface area (TPSA) is 78.4 Å². The molecule has 0 aliphatic rings. The number of ketones is 1. The van der Waals surface area contributed by atoms with Crippen LogP contribution < -0.4 is 10.6 Å². The molecule has 3 N–H and O–H groups in total. The van der Waals surface area contributed by atoms with E-state index in [1.807, 2.05) is 12.1 Å². The number of rotatable bonds is 5. The van der Waals surface area contributed by atoms with Crippen LogP contribution in [0.5, 0.6) is 0 Å². The number of carbonyl (C=O) groups is 2. The van der Waals surface area contributed by atoms with Gasteiger partial charge in [0.05, 0.1) is 0 Å². The van der Waals surface area contributed by atoms with Crippen LogP contribution in [0.15, 0.2) is 48.5 Å². The van der Waals surface area contributed by atoms with Crippen LogP contribution >= 0.6 is 0 Å². The molecule has 0 aliphatic carbocycles. The number of amides is 2. The maximum atomic E-state index is 11.9. The average Bonchev–Trinajstić information content (AvgIpc) is 2.49. The first-order valence-electron chi connectivity index (χ1n) is 6.97. The average molecular weight is 298 g/mol. The van der Waals surface area contributed by atoms with E-state index in [2.05, 4.69) is 10.6 Å². The van der Waals surface area contributed by atoms with Crippen LogP contribution in [0.2, 0.25) is 0 Å². The summed E-state index contributed by atoms with van der Waals surface area (Å²) in [6, 6.07) is 13.6. The number of hydrogen-bond acceptors (Lipinski definition) is 3. The Morgan fingerprint density at radius 2 is 1.68 bits per heavy atom. The lowest BCUT2D eigenvalue weighted by atomic mass is 10.1. The molecule has 0 aromatic heterocycles. The molecule has 114 valence electrons. The monoisotopic (exact) mass is 298 g/mol. The van der Waals surface area contributed by atoms with E-state index >= 15 is 0 Å². The van der Waals surface area contributed by atoms with Crippen LogP contribution in [0, 0.1) is 0 Å². The summed E-state index contributed by atoms with van der Waals surface area (Å²) in [5.41, 5.74) is 2.76. The number of aliphatic hydroxyl groups is 1. The van der Waals surface area contributed by atoms with E-state index in [1.165, 1.54) is 6.92 Å². The molecule has 0 bridgehead atoms.